The topological polar surface area (TPSA) is 131 Å². The van der Waals surface area contributed by atoms with Gasteiger partial charge in [-0.05, 0) is 31.9 Å². The molecule has 31 heavy (non-hydrogen) atoms. The van der Waals surface area contributed by atoms with Crippen LogP contribution in [0.3, 0.4) is 0 Å². The van der Waals surface area contributed by atoms with Gasteiger partial charge in [0, 0.05) is 31.4 Å². The quantitative estimate of drug-likeness (QED) is 0.494. The van der Waals surface area contributed by atoms with E-state index in [1.807, 2.05) is 0 Å². The molecule has 2 aliphatic heterocycles. The van der Waals surface area contributed by atoms with Crippen molar-refractivity contribution in [2.45, 2.75) is 29.6 Å². The van der Waals surface area contributed by atoms with Crippen LogP contribution in [0.4, 0.5) is 0 Å². The second-order valence-corrected chi connectivity index (χ2v) is 11.0. The molecule has 0 saturated carbocycles. The summed E-state index contributed by atoms with van der Waals surface area (Å²) in [4.78, 5) is 26.8. The van der Waals surface area contributed by atoms with Gasteiger partial charge in [0.2, 0.25) is 5.91 Å². The Morgan fingerprint density at radius 2 is 2.00 bits per heavy atom. The SMILES string of the molecule is CCOC(=O)C1=CNC=C(Cl)C1(N)N1CCC(C(=O)NS(=O)(=O)c2ccc(Cl)s2)CC1. The number of carbonyl (C=O) groups is 2. The van der Waals surface area contributed by atoms with Gasteiger partial charge in [-0.2, -0.15) is 0 Å². The highest BCUT2D eigenvalue weighted by Crippen LogP contribution is 2.36. The van der Waals surface area contributed by atoms with Crippen molar-refractivity contribution in [3.8, 4) is 0 Å². The van der Waals surface area contributed by atoms with E-state index in [1.54, 1.807) is 11.8 Å². The summed E-state index contributed by atoms with van der Waals surface area (Å²) in [5.74, 6) is -1.72. The molecule has 1 amide bonds. The Balaban J connectivity index is 1.68. The summed E-state index contributed by atoms with van der Waals surface area (Å²) in [5, 5.41) is 2.99. The largest absolute Gasteiger partial charge is 0.462 e. The van der Waals surface area contributed by atoms with E-state index in [0.29, 0.717) is 30.3 Å². The molecule has 0 aromatic carbocycles. The van der Waals surface area contributed by atoms with Gasteiger partial charge in [-0.15, -0.1) is 11.3 Å². The number of likely N-dealkylation sites (tertiary alicyclic amines) is 1. The summed E-state index contributed by atoms with van der Waals surface area (Å²) in [6.07, 6.45) is 3.60. The maximum absolute atomic E-state index is 12.6. The van der Waals surface area contributed by atoms with E-state index in [0.717, 1.165) is 11.3 Å². The van der Waals surface area contributed by atoms with Crippen molar-refractivity contribution in [3.63, 3.8) is 0 Å². The third-order valence-corrected chi connectivity index (χ3v) is 8.59. The van der Waals surface area contributed by atoms with Gasteiger partial charge in [0.1, 0.15) is 9.87 Å². The predicted molar refractivity (Wildman–Crippen MR) is 118 cm³/mol. The first-order chi connectivity index (χ1) is 14.6. The summed E-state index contributed by atoms with van der Waals surface area (Å²) in [6.45, 7) is 2.51. The van der Waals surface area contributed by atoms with Crippen LogP contribution >= 0.6 is 34.5 Å². The van der Waals surface area contributed by atoms with E-state index in [2.05, 4.69) is 10.0 Å². The first kappa shape index (κ1) is 24.0. The number of hydrogen-bond donors (Lipinski definition) is 3. The van der Waals surface area contributed by atoms with Crippen LogP contribution in [0, 0.1) is 5.92 Å². The van der Waals surface area contributed by atoms with Crippen molar-refractivity contribution in [2.24, 2.45) is 11.7 Å². The number of nitrogens with two attached hydrogens (primary N) is 1. The Labute approximate surface area is 194 Å². The van der Waals surface area contributed by atoms with Crippen LogP contribution in [-0.2, 0) is 24.3 Å². The molecule has 0 radical (unpaired) electrons. The Morgan fingerprint density at radius 3 is 2.58 bits per heavy atom. The molecule has 2 aliphatic rings. The van der Waals surface area contributed by atoms with E-state index in [4.69, 9.17) is 33.7 Å². The van der Waals surface area contributed by atoms with E-state index in [1.165, 1.54) is 24.5 Å². The third kappa shape index (κ3) is 4.91. The van der Waals surface area contributed by atoms with E-state index < -0.39 is 33.5 Å². The molecule has 170 valence electrons. The van der Waals surface area contributed by atoms with Crippen LogP contribution in [-0.4, -0.2) is 50.6 Å². The van der Waals surface area contributed by atoms with Gasteiger partial charge in [-0.1, -0.05) is 23.2 Å². The number of sulfonamides is 1. The minimum Gasteiger partial charge on any atom is -0.462 e. The Bertz CT molecular complexity index is 1030. The molecule has 1 saturated heterocycles. The summed E-state index contributed by atoms with van der Waals surface area (Å²) in [6, 6.07) is 2.80. The second-order valence-electron chi connectivity index (χ2n) is 6.99. The lowest BCUT2D eigenvalue weighted by Crippen LogP contribution is -2.63. The van der Waals surface area contributed by atoms with E-state index >= 15 is 0 Å². The highest BCUT2D eigenvalue weighted by atomic mass is 35.5. The van der Waals surface area contributed by atoms with Gasteiger partial charge in [-0.3, -0.25) is 9.69 Å². The number of halogens is 2. The fourth-order valence-corrected chi connectivity index (χ4v) is 6.30. The van der Waals surface area contributed by atoms with Crippen LogP contribution in [0.2, 0.25) is 4.34 Å². The van der Waals surface area contributed by atoms with E-state index in [-0.39, 0.29) is 21.4 Å². The molecule has 1 aromatic rings. The number of rotatable bonds is 6. The lowest BCUT2D eigenvalue weighted by Gasteiger charge is -2.45. The van der Waals surface area contributed by atoms with Crippen LogP contribution in [0.15, 0.2) is 39.3 Å². The maximum atomic E-state index is 12.6. The standard InChI is InChI=1S/C18H22Cl2N4O5S2/c1-2-29-17(26)12-9-22-10-13(19)18(12,21)24-7-5-11(6-8-24)16(25)23-31(27,28)15-4-3-14(20)30-15/h3-4,9-11,22H,2,5-8,21H2,1H3,(H,23,25). The van der Waals surface area contributed by atoms with Gasteiger partial charge >= 0.3 is 5.97 Å². The fraction of sp³-hybridized carbons (Fsp3) is 0.444. The van der Waals surface area contributed by atoms with Gasteiger partial charge in [-0.25, -0.2) is 17.9 Å². The lowest BCUT2D eigenvalue weighted by atomic mass is 9.90. The number of piperidine rings is 1. The van der Waals surface area contributed by atoms with Gasteiger partial charge in [0.25, 0.3) is 10.0 Å². The van der Waals surface area contributed by atoms with Crippen LogP contribution in [0.5, 0.6) is 0 Å². The minimum atomic E-state index is -3.98. The second kappa shape index (κ2) is 9.47. The van der Waals surface area contributed by atoms with Crippen molar-refractivity contribution < 1.29 is 22.7 Å². The summed E-state index contributed by atoms with van der Waals surface area (Å²) >= 11 is 13.0. The first-order valence-corrected chi connectivity index (χ1v) is 12.5. The normalized spacial score (nSPS) is 22.8. The molecule has 1 aromatic heterocycles. The van der Waals surface area contributed by atoms with E-state index in [9.17, 15) is 18.0 Å². The molecule has 0 bridgehead atoms. The first-order valence-electron chi connectivity index (χ1n) is 9.45. The van der Waals surface area contributed by atoms with Crippen LogP contribution < -0.4 is 15.8 Å². The van der Waals surface area contributed by atoms with Gasteiger partial charge in [0.05, 0.1) is 21.5 Å². The Kier molecular flexibility index (Phi) is 7.34. The third-order valence-electron chi connectivity index (χ3n) is 5.12. The summed E-state index contributed by atoms with van der Waals surface area (Å²) < 4.78 is 32.3. The summed E-state index contributed by atoms with van der Waals surface area (Å²) in [5.41, 5.74) is 5.32. The number of dihydropyridines is 1. The molecule has 1 atom stereocenters. The number of nitrogens with one attached hydrogen (secondary N) is 2. The molecule has 1 fully saturated rings. The van der Waals surface area contributed by atoms with Crippen LogP contribution in [0.25, 0.3) is 0 Å². The lowest BCUT2D eigenvalue weighted by molar-refractivity contribution is -0.140. The van der Waals surface area contributed by atoms with Crippen molar-refractivity contribution >= 4 is 56.4 Å². The zero-order valence-corrected chi connectivity index (χ0v) is 19.7. The van der Waals surface area contributed by atoms with Crippen molar-refractivity contribution in [1.29, 1.82) is 0 Å². The molecule has 3 heterocycles. The number of esters is 1. The predicted octanol–water partition coefficient (Wildman–Crippen LogP) is 1.70. The smallest absolute Gasteiger partial charge is 0.339 e. The highest BCUT2D eigenvalue weighted by Gasteiger charge is 2.46. The Hall–Kier alpha value is -1.63. The highest BCUT2D eigenvalue weighted by molar-refractivity contribution is 7.92. The zero-order chi connectivity index (χ0) is 22.8. The number of ether oxygens (including phenoxy) is 1. The summed E-state index contributed by atoms with van der Waals surface area (Å²) in [7, 11) is -3.98. The molecule has 0 spiro atoms. The minimum absolute atomic E-state index is 0.0277. The maximum Gasteiger partial charge on any atom is 0.339 e. The monoisotopic (exact) mass is 508 g/mol. The average Bonchev–Trinajstić information content (AvgIpc) is 3.17. The number of amides is 1. The average molecular weight is 509 g/mol. The molecule has 3 rings (SSSR count). The number of thiophene rings is 1. The molecule has 13 heteroatoms. The van der Waals surface area contributed by atoms with Crippen LogP contribution in [0.1, 0.15) is 19.8 Å². The van der Waals surface area contributed by atoms with Gasteiger partial charge in [0.15, 0.2) is 0 Å². The van der Waals surface area contributed by atoms with Gasteiger partial charge < -0.3 is 15.8 Å². The molecular formula is C18H22Cl2N4O5S2. The van der Waals surface area contributed by atoms with Crippen molar-refractivity contribution in [3.05, 3.63) is 39.5 Å². The molecular weight excluding hydrogens is 487 g/mol. The number of hydrogen-bond acceptors (Lipinski definition) is 9. The zero-order valence-electron chi connectivity index (χ0n) is 16.6. The van der Waals surface area contributed by atoms with Crippen molar-refractivity contribution in [2.75, 3.05) is 19.7 Å². The Morgan fingerprint density at radius 1 is 1.32 bits per heavy atom. The molecule has 1 unspecified atom stereocenters. The molecule has 0 aliphatic carbocycles. The van der Waals surface area contributed by atoms with Crippen molar-refractivity contribution in [1.82, 2.24) is 14.9 Å². The molecule has 9 nitrogen and oxygen atoms in total. The number of carbonyl (C=O) groups excluding carboxylic acids is 2. The number of nitrogens with zero attached hydrogens (tertiary/aromatic N) is 1. The molecule has 4 N–H and O–H groups in total. The fourth-order valence-electron chi connectivity index (χ4n) is 3.49.